The number of rotatable bonds is 5. The number of carbonyl (C=O) groups excluding carboxylic acids is 1. The summed E-state index contributed by atoms with van der Waals surface area (Å²) >= 11 is 0. The average molecular weight is 403 g/mol. The summed E-state index contributed by atoms with van der Waals surface area (Å²) in [6.45, 7) is 4.09. The van der Waals surface area contributed by atoms with Crippen LogP contribution in [0.3, 0.4) is 0 Å². The molecule has 0 aromatic carbocycles. The zero-order valence-corrected chi connectivity index (χ0v) is 15.8. The monoisotopic (exact) mass is 403 g/mol. The van der Waals surface area contributed by atoms with Crippen LogP contribution >= 0.6 is 0 Å². The van der Waals surface area contributed by atoms with Crippen molar-refractivity contribution in [2.75, 3.05) is 12.3 Å². The zero-order valence-electron chi connectivity index (χ0n) is 15.8. The Balaban J connectivity index is 1.53. The third-order valence-corrected chi connectivity index (χ3v) is 5.43. The molecule has 2 aromatic rings. The number of aliphatic hydroxyl groups excluding tert-OH is 1. The van der Waals surface area contributed by atoms with Crippen molar-refractivity contribution >= 4 is 17.5 Å². The molecule has 3 heterocycles. The van der Waals surface area contributed by atoms with Crippen molar-refractivity contribution in [3.63, 3.8) is 0 Å². The van der Waals surface area contributed by atoms with Crippen LogP contribution in [0, 0.1) is 17.2 Å². The van der Waals surface area contributed by atoms with Gasteiger partial charge in [0, 0.05) is 0 Å². The molecule has 1 unspecified atom stereocenters. The molecular weight excluding hydrogens is 382 g/mol. The van der Waals surface area contributed by atoms with Gasteiger partial charge in [-0.3, -0.25) is 0 Å². The van der Waals surface area contributed by atoms with Crippen molar-refractivity contribution in [2.24, 2.45) is 5.92 Å². The first-order valence-corrected chi connectivity index (χ1v) is 9.17. The molecule has 29 heavy (non-hydrogen) atoms. The third kappa shape index (κ3) is 2.64. The molecule has 4 N–H and O–H groups in total. The Morgan fingerprint density at radius 3 is 2.93 bits per heavy atom. The Bertz CT molecular complexity index is 1000. The van der Waals surface area contributed by atoms with E-state index < -0.39 is 35.7 Å². The van der Waals surface area contributed by atoms with E-state index in [1.807, 2.05) is 19.9 Å². The highest BCUT2D eigenvalue weighted by Gasteiger charge is 2.91. The maximum Gasteiger partial charge on any atom is 0.508 e. The Hall–Kier alpha value is -2.94. The van der Waals surface area contributed by atoms with E-state index in [1.54, 1.807) is 12.1 Å². The molecular formula is C18H21N5O6. The standard InChI is InChI=1S/C18H21N5O6/c1-9(2)5-6-27-16(25)28-15-17(7-19)18(15,26)13(24)12(29-17)10-3-4-11-14(20)21-8-22-23(10)11/h3-4,8-9,12-13,15,24,26H,5-6H2,1-2H3,(H2,20,21,22)/t12-,13-,15?,17+,18+/m0/s1. The number of nitriles is 1. The summed E-state index contributed by atoms with van der Waals surface area (Å²) in [5.74, 6) is 0.557. The minimum Gasteiger partial charge on any atom is -0.434 e. The average Bonchev–Trinajstić information content (AvgIpc) is 2.96. The molecule has 4 rings (SSSR count). The largest absolute Gasteiger partial charge is 0.508 e. The van der Waals surface area contributed by atoms with Gasteiger partial charge in [-0.05, 0) is 24.5 Å². The predicted molar refractivity (Wildman–Crippen MR) is 96.2 cm³/mol. The maximum absolute atomic E-state index is 11.9. The van der Waals surface area contributed by atoms with Crippen LogP contribution in [-0.2, 0) is 14.2 Å². The van der Waals surface area contributed by atoms with Crippen molar-refractivity contribution in [3.05, 3.63) is 24.2 Å². The highest BCUT2D eigenvalue weighted by molar-refractivity contribution is 5.66. The minimum atomic E-state index is -2.09. The van der Waals surface area contributed by atoms with Crippen LogP contribution in [0.1, 0.15) is 32.1 Å². The summed E-state index contributed by atoms with van der Waals surface area (Å²) in [6.07, 6.45) is -3.17. The van der Waals surface area contributed by atoms with E-state index in [1.165, 1.54) is 10.8 Å². The number of carbonyl (C=O) groups is 1. The lowest BCUT2D eigenvalue weighted by atomic mass is 10.0. The van der Waals surface area contributed by atoms with E-state index in [0.717, 1.165) is 0 Å². The molecule has 0 amide bonds. The van der Waals surface area contributed by atoms with Gasteiger partial charge in [0.15, 0.2) is 17.5 Å². The molecule has 11 heteroatoms. The van der Waals surface area contributed by atoms with Crippen LogP contribution in [0.4, 0.5) is 10.6 Å². The summed E-state index contributed by atoms with van der Waals surface area (Å²) in [4.78, 5) is 15.8. The summed E-state index contributed by atoms with van der Waals surface area (Å²) in [5.41, 5.74) is 2.66. The normalized spacial score (nSPS) is 32.8. The fraction of sp³-hybridized carbons (Fsp3) is 0.556. The van der Waals surface area contributed by atoms with E-state index in [0.29, 0.717) is 23.5 Å². The zero-order chi connectivity index (χ0) is 21.0. The molecule has 0 bridgehead atoms. The van der Waals surface area contributed by atoms with E-state index in [4.69, 9.17) is 19.9 Å². The molecule has 11 nitrogen and oxygen atoms in total. The number of nitrogens with two attached hydrogens (primary N) is 1. The minimum absolute atomic E-state index is 0.143. The van der Waals surface area contributed by atoms with Gasteiger partial charge in [0.05, 0.1) is 12.3 Å². The smallest absolute Gasteiger partial charge is 0.434 e. The van der Waals surface area contributed by atoms with Crippen molar-refractivity contribution in [1.29, 1.82) is 5.26 Å². The fourth-order valence-electron chi connectivity index (χ4n) is 3.71. The predicted octanol–water partition coefficient (Wildman–Crippen LogP) is 0.319. The van der Waals surface area contributed by atoms with Crippen LogP contribution < -0.4 is 5.73 Å². The lowest BCUT2D eigenvalue weighted by Crippen LogP contribution is -2.36. The second-order valence-electron chi connectivity index (χ2n) is 7.64. The van der Waals surface area contributed by atoms with E-state index >= 15 is 0 Å². The highest BCUT2D eigenvalue weighted by atomic mass is 16.8. The van der Waals surface area contributed by atoms with Crippen LogP contribution in [0.25, 0.3) is 5.52 Å². The topological polar surface area (TPSA) is 165 Å². The molecule has 2 aromatic heterocycles. The Kier molecular flexibility index (Phi) is 4.38. The van der Waals surface area contributed by atoms with Crippen molar-refractivity contribution in [2.45, 2.75) is 49.8 Å². The Morgan fingerprint density at radius 2 is 2.28 bits per heavy atom. The SMILES string of the molecule is CC(C)CCOC(=O)OC1[C@@]2(C#N)O[C@@H](c3ccc4c(N)ncnn34)[C@H](O)[C@@]12O. The van der Waals surface area contributed by atoms with Gasteiger partial charge >= 0.3 is 6.16 Å². The number of aliphatic hydroxyl groups is 2. The number of fused-ring (bicyclic) bond motifs is 2. The van der Waals surface area contributed by atoms with Gasteiger partial charge in [0.1, 0.15) is 30.1 Å². The van der Waals surface area contributed by atoms with Gasteiger partial charge in [-0.2, -0.15) is 10.4 Å². The number of nitrogens with zero attached hydrogens (tertiary/aromatic N) is 4. The quantitative estimate of drug-likeness (QED) is 0.592. The fourth-order valence-corrected chi connectivity index (χ4v) is 3.71. The first kappa shape index (κ1) is 19.4. The second kappa shape index (κ2) is 6.55. The van der Waals surface area contributed by atoms with Crippen LogP contribution in [-0.4, -0.2) is 61.0 Å². The molecule has 0 spiro atoms. The molecule has 1 aliphatic carbocycles. The van der Waals surface area contributed by atoms with Gasteiger partial charge in [-0.1, -0.05) is 13.8 Å². The first-order valence-electron chi connectivity index (χ1n) is 9.17. The van der Waals surface area contributed by atoms with Crippen molar-refractivity contribution < 1.29 is 29.2 Å². The molecule has 2 aliphatic rings. The summed E-state index contributed by atoms with van der Waals surface area (Å²) < 4.78 is 17.2. The number of aromatic nitrogens is 3. The first-order chi connectivity index (χ1) is 13.8. The lowest BCUT2D eigenvalue weighted by Gasteiger charge is -2.22. The van der Waals surface area contributed by atoms with Crippen LogP contribution in [0.5, 0.6) is 0 Å². The van der Waals surface area contributed by atoms with Gasteiger partial charge in [0.25, 0.3) is 0 Å². The molecule has 0 radical (unpaired) electrons. The molecule has 154 valence electrons. The van der Waals surface area contributed by atoms with E-state index in [9.17, 15) is 20.3 Å². The Morgan fingerprint density at radius 1 is 1.52 bits per heavy atom. The van der Waals surface area contributed by atoms with Crippen LogP contribution in [0.2, 0.25) is 0 Å². The molecule has 1 saturated carbocycles. The third-order valence-electron chi connectivity index (χ3n) is 5.43. The number of nitrogen functional groups attached to an aromatic ring is 1. The Labute approximate surface area is 165 Å². The van der Waals surface area contributed by atoms with Crippen molar-refractivity contribution in [3.8, 4) is 6.07 Å². The summed E-state index contributed by atoms with van der Waals surface area (Å²) in [5, 5.41) is 35.3. The molecule has 5 atom stereocenters. The number of ether oxygens (including phenoxy) is 3. The van der Waals surface area contributed by atoms with Crippen molar-refractivity contribution in [1.82, 2.24) is 14.6 Å². The molecule has 1 saturated heterocycles. The van der Waals surface area contributed by atoms with Gasteiger partial charge in [-0.25, -0.2) is 14.3 Å². The highest BCUT2D eigenvalue weighted by Crippen LogP contribution is 2.64. The number of hydrogen-bond donors (Lipinski definition) is 3. The number of hydrogen-bond acceptors (Lipinski definition) is 10. The van der Waals surface area contributed by atoms with Gasteiger partial charge < -0.3 is 30.2 Å². The van der Waals surface area contributed by atoms with Gasteiger partial charge in [0.2, 0.25) is 5.60 Å². The summed E-state index contributed by atoms with van der Waals surface area (Å²) in [6, 6.07) is 5.07. The lowest BCUT2D eigenvalue weighted by molar-refractivity contribution is -0.0863. The number of anilines is 1. The maximum atomic E-state index is 11.9. The van der Waals surface area contributed by atoms with E-state index in [2.05, 4.69) is 10.1 Å². The summed E-state index contributed by atoms with van der Waals surface area (Å²) in [7, 11) is 0. The van der Waals surface area contributed by atoms with Gasteiger partial charge in [-0.15, -0.1) is 0 Å². The molecule has 2 fully saturated rings. The van der Waals surface area contributed by atoms with E-state index in [-0.39, 0.29) is 12.4 Å². The van der Waals surface area contributed by atoms with Crippen LogP contribution in [0.15, 0.2) is 18.5 Å². The molecule has 1 aliphatic heterocycles. The second-order valence-corrected chi connectivity index (χ2v) is 7.64.